The van der Waals surface area contributed by atoms with Crippen molar-refractivity contribution in [1.82, 2.24) is 4.98 Å². The summed E-state index contributed by atoms with van der Waals surface area (Å²) < 4.78 is 0. The number of aryl methyl sites for hydroxylation is 1. The maximum absolute atomic E-state index is 10.5. The second kappa shape index (κ2) is 3.30. The number of hydrogen-bond donors (Lipinski definition) is 3. The molecule has 0 aliphatic carbocycles. The highest BCUT2D eigenvalue weighted by atomic mass is 35.5. The molecule has 1 rings (SSSR count). The fraction of sp³-hybridized carbons (Fsp3) is 0.167. The highest BCUT2D eigenvalue weighted by molar-refractivity contribution is 5.85. The van der Waals surface area contributed by atoms with E-state index in [4.69, 9.17) is 10.2 Å². The van der Waals surface area contributed by atoms with Gasteiger partial charge in [0.25, 0.3) is 5.56 Å². The average Bonchev–Trinajstić information content (AvgIpc) is 1.82. The Labute approximate surface area is 68.9 Å². The van der Waals surface area contributed by atoms with Gasteiger partial charge in [0.15, 0.2) is 5.75 Å². The zero-order chi connectivity index (χ0) is 7.72. The van der Waals surface area contributed by atoms with E-state index >= 15 is 0 Å². The van der Waals surface area contributed by atoms with E-state index in [9.17, 15) is 4.79 Å². The lowest BCUT2D eigenvalue weighted by molar-refractivity contribution is 0.385. The molecular formula is C6H8ClNO3. The zero-order valence-corrected chi connectivity index (χ0v) is 6.60. The van der Waals surface area contributed by atoms with Gasteiger partial charge in [0.05, 0.1) is 0 Å². The van der Waals surface area contributed by atoms with E-state index in [1.54, 1.807) is 0 Å². The molecule has 62 valence electrons. The van der Waals surface area contributed by atoms with Crippen LogP contribution in [-0.2, 0) is 0 Å². The third-order valence-corrected chi connectivity index (χ3v) is 1.19. The minimum Gasteiger partial charge on any atom is -0.503 e. The molecule has 0 saturated carbocycles. The third kappa shape index (κ3) is 1.88. The maximum Gasteiger partial charge on any atom is 0.251 e. The van der Waals surface area contributed by atoms with Crippen LogP contribution >= 0.6 is 12.4 Å². The van der Waals surface area contributed by atoms with Crippen LogP contribution in [-0.4, -0.2) is 15.2 Å². The van der Waals surface area contributed by atoms with Gasteiger partial charge in [-0.05, 0) is 6.92 Å². The summed E-state index contributed by atoms with van der Waals surface area (Å²) in [5, 5.41) is 17.7. The van der Waals surface area contributed by atoms with Gasteiger partial charge >= 0.3 is 0 Å². The molecule has 0 atom stereocenters. The minimum atomic E-state index is -0.481. The van der Waals surface area contributed by atoms with Gasteiger partial charge in [-0.25, -0.2) is 0 Å². The first-order chi connectivity index (χ1) is 4.61. The molecule has 3 N–H and O–H groups in total. The van der Waals surface area contributed by atoms with Crippen LogP contribution in [0.1, 0.15) is 5.56 Å². The molecule has 1 aromatic heterocycles. The number of nitrogens with one attached hydrogen (secondary N) is 1. The molecule has 0 radical (unpaired) electrons. The summed E-state index contributed by atoms with van der Waals surface area (Å²) in [7, 11) is 0. The van der Waals surface area contributed by atoms with Gasteiger partial charge < -0.3 is 10.2 Å². The maximum atomic E-state index is 10.5. The van der Waals surface area contributed by atoms with Crippen molar-refractivity contribution in [3.63, 3.8) is 0 Å². The number of aromatic amines is 1. The van der Waals surface area contributed by atoms with Crippen molar-refractivity contribution < 1.29 is 10.2 Å². The fourth-order valence-corrected chi connectivity index (χ4v) is 0.664. The van der Waals surface area contributed by atoms with E-state index in [-0.39, 0.29) is 18.2 Å². The Morgan fingerprint density at radius 3 is 2.45 bits per heavy atom. The largest absolute Gasteiger partial charge is 0.503 e. The van der Waals surface area contributed by atoms with E-state index in [1.165, 1.54) is 13.0 Å². The van der Waals surface area contributed by atoms with Crippen LogP contribution < -0.4 is 5.56 Å². The molecule has 4 nitrogen and oxygen atoms in total. The second-order valence-electron chi connectivity index (χ2n) is 2.01. The monoisotopic (exact) mass is 177 g/mol. The molecule has 0 unspecified atom stereocenters. The molecule has 1 heterocycles. The normalized spacial score (nSPS) is 8.82. The Morgan fingerprint density at radius 1 is 1.45 bits per heavy atom. The lowest BCUT2D eigenvalue weighted by atomic mass is 10.3. The van der Waals surface area contributed by atoms with Crippen LogP contribution in [0.2, 0.25) is 0 Å². The van der Waals surface area contributed by atoms with Gasteiger partial charge in [-0.1, -0.05) is 0 Å². The lowest BCUT2D eigenvalue weighted by Gasteiger charge is -1.97. The summed E-state index contributed by atoms with van der Waals surface area (Å²) in [6, 6.07) is 1.20. The second-order valence-corrected chi connectivity index (χ2v) is 2.01. The molecule has 0 aliphatic heterocycles. The quantitative estimate of drug-likeness (QED) is 0.541. The summed E-state index contributed by atoms with van der Waals surface area (Å²) in [6.45, 7) is 1.53. The number of halogens is 1. The standard InChI is InChI=1S/C6H7NO3.ClH/c1-3-2-4(8)7-6(10)5(3)9;/h2,9H,1H3,(H2,7,8,10);1H. The van der Waals surface area contributed by atoms with Crippen LogP contribution in [0.4, 0.5) is 0 Å². The Hall–Kier alpha value is -1.16. The van der Waals surface area contributed by atoms with Gasteiger partial charge in [-0.15, -0.1) is 12.4 Å². The Balaban J connectivity index is 0.000001000. The smallest absolute Gasteiger partial charge is 0.251 e. The van der Waals surface area contributed by atoms with Gasteiger partial charge in [0.2, 0.25) is 5.88 Å². The van der Waals surface area contributed by atoms with Gasteiger partial charge in [-0.3, -0.25) is 9.78 Å². The average molecular weight is 178 g/mol. The molecule has 0 aromatic carbocycles. The summed E-state index contributed by atoms with van der Waals surface area (Å²) >= 11 is 0. The number of aromatic nitrogens is 1. The van der Waals surface area contributed by atoms with Crippen molar-refractivity contribution in [2.75, 3.05) is 0 Å². The number of rotatable bonds is 0. The third-order valence-electron chi connectivity index (χ3n) is 1.19. The topological polar surface area (TPSA) is 73.3 Å². The number of H-pyrrole nitrogens is 1. The molecule has 1 aromatic rings. The van der Waals surface area contributed by atoms with E-state index in [0.29, 0.717) is 5.56 Å². The summed E-state index contributed by atoms with van der Waals surface area (Å²) in [5.41, 5.74) is -0.0611. The predicted molar refractivity (Wildman–Crippen MR) is 42.4 cm³/mol. The van der Waals surface area contributed by atoms with E-state index in [0.717, 1.165) is 0 Å². The highest BCUT2D eigenvalue weighted by Gasteiger charge is 2.02. The number of pyridine rings is 1. The molecule has 0 bridgehead atoms. The van der Waals surface area contributed by atoms with Crippen LogP contribution in [0.25, 0.3) is 0 Å². The van der Waals surface area contributed by atoms with E-state index < -0.39 is 11.4 Å². The SMILES string of the molecule is Cc1cc(=O)[nH]c(O)c1O.Cl. The zero-order valence-electron chi connectivity index (χ0n) is 5.79. The first kappa shape index (κ1) is 9.84. The van der Waals surface area contributed by atoms with Crippen LogP contribution in [0.5, 0.6) is 11.6 Å². The number of hydrogen-bond acceptors (Lipinski definition) is 3. The van der Waals surface area contributed by atoms with Gasteiger partial charge in [0.1, 0.15) is 0 Å². The highest BCUT2D eigenvalue weighted by Crippen LogP contribution is 2.22. The van der Waals surface area contributed by atoms with Crippen LogP contribution in [0, 0.1) is 6.92 Å². The summed E-state index contributed by atoms with van der Waals surface area (Å²) in [6.07, 6.45) is 0. The van der Waals surface area contributed by atoms with Crippen molar-refractivity contribution in [1.29, 1.82) is 0 Å². The molecule has 0 spiro atoms. The molecule has 11 heavy (non-hydrogen) atoms. The first-order valence-electron chi connectivity index (χ1n) is 2.73. The lowest BCUT2D eigenvalue weighted by Crippen LogP contribution is -2.03. The number of aromatic hydroxyl groups is 2. The molecule has 0 aliphatic rings. The van der Waals surface area contributed by atoms with Crippen molar-refractivity contribution >= 4 is 12.4 Å². The summed E-state index contributed by atoms with van der Waals surface area (Å²) in [5.74, 6) is -0.760. The predicted octanol–water partition coefficient (Wildman–Crippen LogP) is 0.516. The Morgan fingerprint density at radius 2 is 2.00 bits per heavy atom. The molecule has 0 amide bonds. The minimum absolute atomic E-state index is 0. The summed E-state index contributed by atoms with van der Waals surface area (Å²) in [4.78, 5) is 12.6. The Kier molecular flexibility index (Phi) is 2.95. The van der Waals surface area contributed by atoms with Crippen molar-refractivity contribution in [3.8, 4) is 11.6 Å². The Bertz CT molecular complexity index is 281. The van der Waals surface area contributed by atoms with Gasteiger partial charge in [-0.2, -0.15) is 0 Å². The van der Waals surface area contributed by atoms with Gasteiger partial charge in [0, 0.05) is 11.6 Å². The van der Waals surface area contributed by atoms with Crippen molar-refractivity contribution in [2.24, 2.45) is 0 Å². The van der Waals surface area contributed by atoms with E-state index in [2.05, 4.69) is 0 Å². The van der Waals surface area contributed by atoms with E-state index in [1.807, 2.05) is 4.98 Å². The van der Waals surface area contributed by atoms with Crippen LogP contribution in [0.15, 0.2) is 10.9 Å². The van der Waals surface area contributed by atoms with Crippen molar-refractivity contribution in [2.45, 2.75) is 6.92 Å². The molecule has 0 fully saturated rings. The van der Waals surface area contributed by atoms with Crippen LogP contribution in [0.3, 0.4) is 0 Å². The molecular weight excluding hydrogens is 170 g/mol. The van der Waals surface area contributed by atoms with Crippen molar-refractivity contribution in [3.05, 3.63) is 22.0 Å². The molecule has 5 heteroatoms. The fourth-order valence-electron chi connectivity index (χ4n) is 0.664. The molecule has 0 saturated heterocycles. The first-order valence-corrected chi connectivity index (χ1v) is 2.73.